The van der Waals surface area contributed by atoms with Crippen LogP contribution in [0.5, 0.6) is 0 Å². The largest absolute Gasteiger partial charge is 0.375 e. The predicted octanol–water partition coefficient (Wildman–Crippen LogP) is 3.82. The second-order valence-electron chi connectivity index (χ2n) is 5.60. The van der Waals surface area contributed by atoms with Gasteiger partial charge in [0.1, 0.15) is 0 Å². The first-order valence-corrected chi connectivity index (χ1v) is 7.47. The number of ether oxygens (including phenoxy) is 1. The smallest absolute Gasteiger partial charge is 0.0977 e. The van der Waals surface area contributed by atoms with Crippen LogP contribution in [-0.2, 0) is 11.2 Å². The highest BCUT2D eigenvalue weighted by atomic mass is 16.5. The van der Waals surface area contributed by atoms with Crippen molar-refractivity contribution in [2.75, 3.05) is 14.2 Å². The fourth-order valence-corrected chi connectivity index (χ4v) is 2.79. The van der Waals surface area contributed by atoms with Gasteiger partial charge in [-0.1, -0.05) is 54.1 Å². The average molecular weight is 283 g/mol. The Kier molecular flexibility index (Phi) is 5.54. The van der Waals surface area contributed by atoms with Crippen molar-refractivity contribution in [2.24, 2.45) is 0 Å². The molecule has 112 valence electrons. The van der Waals surface area contributed by atoms with Crippen LogP contribution in [0.4, 0.5) is 0 Å². The Hall–Kier alpha value is -1.64. The van der Waals surface area contributed by atoms with Crippen molar-refractivity contribution in [3.05, 3.63) is 70.8 Å². The number of hydrogen-bond acceptors (Lipinski definition) is 2. The van der Waals surface area contributed by atoms with Crippen molar-refractivity contribution >= 4 is 0 Å². The molecule has 0 fully saturated rings. The number of benzene rings is 2. The van der Waals surface area contributed by atoms with Gasteiger partial charge in [-0.05, 0) is 44.0 Å². The lowest BCUT2D eigenvalue weighted by Crippen LogP contribution is -2.35. The van der Waals surface area contributed by atoms with E-state index in [-0.39, 0.29) is 12.1 Å². The van der Waals surface area contributed by atoms with Crippen LogP contribution in [0.3, 0.4) is 0 Å². The van der Waals surface area contributed by atoms with Crippen molar-refractivity contribution < 1.29 is 4.74 Å². The summed E-state index contributed by atoms with van der Waals surface area (Å²) in [6.07, 6.45) is 1.01. The number of hydrogen-bond donors (Lipinski definition) is 1. The van der Waals surface area contributed by atoms with Crippen molar-refractivity contribution in [3.8, 4) is 0 Å². The molecule has 0 aliphatic rings. The summed E-state index contributed by atoms with van der Waals surface area (Å²) in [6.45, 7) is 4.31. The molecular formula is C19H25NO. The molecule has 0 aliphatic carbocycles. The van der Waals surface area contributed by atoms with E-state index in [9.17, 15) is 0 Å². The fraction of sp³-hybridized carbons (Fsp3) is 0.368. The van der Waals surface area contributed by atoms with Crippen molar-refractivity contribution in [1.29, 1.82) is 0 Å². The van der Waals surface area contributed by atoms with Crippen LogP contribution in [0.25, 0.3) is 0 Å². The first-order valence-electron chi connectivity index (χ1n) is 7.47. The summed E-state index contributed by atoms with van der Waals surface area (Å²) >= 11 is 0. The van der Waals surface area contributed by atoms with Crippen molar-refractivity contribution in [1.82, 2.24) is 5.32 Å². The Morgan fingerprint density at radius 1 is 1.05 bits per heavy atom. The maximum absolute atomic E-state index is 5.77. The Bertz CT molecular complexity index is 565. The molecule has 2 rings (SSSR count). The molecule has 2 unspecified atom stereocenters. The topological polar surface area (TPSA) is 21.3 Å². The zero-order valence-electron chi connectivity index (χ0n) is 13.4. The van der Waals surface area contributed by atoms with Crippen LogP contribution in [0, 0.1) is 13.8 Å². The van der Waals surface area contributed by atoms with Gasteiger partial charge >= 0.3 is 0 Å². The molecular weight excluding hydrogens is 258 g/mol. The minimum atomic E-state index is 0.0520. The highest BCUT2D eigenvalue weighted by molar-refractivity contribution is 5.32. The van der Waals surface area contributed by atoms with Gasteiger partial charge in [0.15, 0.2) is 0 Å². The van der Waals surface area contributed by atoms with E-state index >= 15 is 0 Å². The lowest BCUT2D eigenvalue weighted by Gasteiger charge is -2.27. The molecule has 2 aromatic carbocycles. The molecule has 0 bridgehead atoms. The monoisotopic (exact) mass is 283 g/mol. The molecule has 0 aliphatic heterocycles. The molecule has 0 saturated heterocycles. The van der Waals surface area contributed by atoms with Crippen molar-refractivity contribution in [3.63, 3.8) is 0 Å². The maximum Gasteiger partial charge on any atom is 0.0977 e. The molecule has 2 aromatic rings. The van der Waals surface area contributed by atoms with E-state index < -0.39 is 0 Å². The second kappa shape index (κ2) is 7.39. The summed E-state index contributed by atoms with van der Waals surface area (Å²) < 4.78 is 5.77. The number of rotatable bonds is 6. The lowest BCUT2D eigenvalue weighted by atomic mass is 9.93. The van der Waals surface area contributed by atoms with Crippen LogP contribution in [-0.4, -0.2) is 20.2 Å². The molecule has 0 saturated carbocycles. The quantitative estimate of drug-likeness (QED) is 0.870. The van der Waals surface area contributed by atoms with Gasteiger partial charge < -0.3 is 10.1 Å². The zero-order valence-corrected chi connectivity index (χ0v) is 13.4. The standard InChI is InChI=1S/C19H25NO/c1-14-10-11-15(2)17(12-14)13-18(20-3)19(21-4)16-8-6-5-7-9-16/h5-12,18-20H,13H2,1-4H3. The third-order valence-corrected chi connectivity index (χ3v) is 4.06. The van der Waals surface area contributed by atoms with Crippen LogP contribution in [0.15, 0.2) is 48.5 Å². The molecule has 0 spiro atoms. The molecule has 21 heavy (non-hydrogen) atoms. The summed E-state index contributed by atoms with van der Waals surface area (Å²) in [4.78, 5) is 0. The Morgan fingerprint density at radius 3 is 2.38 bits per heavy atom. The van der Waals surface area contributed by atoms with Crippen LogP contribution >= 0.6 is 0 Å². The van der Waals surface area contributed by atoms with Gasteiger partial charge in [0.25, 0.3) is 0 Å². The third kappa shape index (κ3) is 3.93. The zero-order chi connectivity index (χ0) is 15.2. The van der Waals surface area contributed by atoms with Crippen LogP contribution in [0.2, 0.25) is 0 Å². The van der Waals surface area contributed by atoms with Gasteiger partial charge in [-0.15, -0.1) is 0 Å². The van der Waals surface area contributed by atoms with E-state index in [1.54, 1.807) is 7.11 Å². The van der Waals surface area contributed by atoms with E-state index in [1.165, 1.54) is 22.3 Å². The Morgan fingerprint density at radius 2 is 1.76 bits per heavy atom. The summed E-state index contributed by atoms with van der Waals surface area (Å²) in [5.41, 5.74) is 5.24. The summed E-state index contributed by atoms with van der Waals surface area (Å²) in [5, 5.41) is 3.42. The number of likely N-dealkylation sites (N-methyl/N-ethyl adjacent to an activating group) is 1. The van der Waals surface area contributed by atoms with Gasteiger partial charge in [-0.3, -0.25) is 0 Å². The first-order chi connectivity index (χ1) is 10.2. The molecule has 0 radical (unpaired) electrons. The second-order valence-corrected chi connectivity index (χ2v) is 5.60. The van der Waals surface area contributed by atoms with E-state index in [1.807, 2.05) is 13.1 Å². The summed E-state index contributed by atoms with van der Waals surface area (Å²) in [6, 6.07) is 17.3. The van der Waals surface area contributed by atoms with Gasteiger partial charge in [0.05, 0.1) is 6.10 Å². The van der Waals surface area contributed by atoms with E-state index in [2.05, 4.69) is 61.6 Å². The minimum Gasteiger partial charge on any atom is -0.375 e. The lowest BCUT2D eigenvalue weighted by molar-refractivity contribution is 0.0703. The normalized spacial score (nSPS) is 13.9. The van der Waals surface area contributed by atoms with Gasteiger partial charge in [-0.2, -0.15) is 0 Å². The predicted molar refractivity (Wildman–Crippen MR) is 88.7 cm³/mol. The number of aryl methyl sites for hydroxylation is 2. The molecule has 2 heteroatoms. The maximum atomic E-state index is 5.77. The molecule has 0 amide bonds. The SMILES string of the molecule is CNC(Cc1cc(C)ccc1C)C(OC)c1ccccc1. The van der Waals surface area contributed by atoms with E-state index in [0.29, 0.717) is 0 Å². The van der Waals surface area contributed by atoms with Crippen LogP contribution < -0.4 is 5.32 Å². The van der Waals surface area contributed by atoms with Crippen molar-refractivity contribution in [2.45, 2.75) is 32.4 Å². The van der Waals surface area contributed by atoms with Gasteiger partial charge in [-0.25, -0.2) is 0 Å². The highest BCUT2D eigenvalue weighted by Crippen LogP contribution is 2.24. The fourth-order valence-electron chi connectivity index (χ4n) is 2.79. The van der Waals surface area contributed by atoms with Gasteiger partial charge in [0, 0.05) is 13.2 Å². The molecule has 2 atom stereocenters. The minimum absolute atomic E-state index is 0.0520. The first kappa shape index (κ1) is 15.7. The number of nitrogens with one attached hydrogen (secondary N) is 1. The summed E-state index contributed by atoms with van der Waals surface area (Å²) in [5.74, 6) is 0. The van der Waals surface area contributed by atoms with E-state index in [0.717, 1.165) is 6.42 Å². The average Bonchev–Trinajstić information content (AvgIpc) is 2.51. The Balaban J connectivity index is 2.24. The highest BCUT2D eigenvalue weighted by Gasteiger charge is 2.22. The summed E-state index contributed by atoms with van der Waals surface area (Å²) in [7, 11) is 3.79. The van der Waals surface area contributed by atoms with Gasteiger partial charge in [0.2, 0.25) is 0 Å². The number of methoxy groups -OCH3 is 1. The van der Waals surface area contributed by atoms with Crippen LogP contribution in [0.1, 0.15) is 28.4 Å². The van der Waals surface area contributed by atoms with E-state index in [4.69, 9.17) is 4.74 Å². The Labute approximate surface area is 128 Å². The third-order valence-electron chi connectivity index (χ3n) is 4.06. The molecule has 0 aromatic heterocycles. The molecule has 1 N–H and O–H groups in total. The molecule has 0 heterocycles. The molecule has 2 nitrogen and oxygen atoms in total.